The minimum absolute atomic E-state index is 0.0346. The molecule has 26 heavy (non-hydrogen) atoms. The van der Waals surface area contributed by atoms with Gasteiger partial charge < -0.3 is 15.0 Å². The van der Waals surface area contributed by atoms with E-state index in [4.69, 9.17) is 4.74 Å². The van der Waals surface area contributed by atoms with Gasteiger partial charge in [-0.3, -0.25) is 0 Å². The van der Waals surface area contributed by atoms with Gasteiger partial charge in [-0.15, -0.1) is 11.3 Å². The number of thiophene rings is 1. The van der Waals surface area contributed by atoms with Crippen LogP contribution >= 0.6 is 11.3 Å². The molecule has 1 aliphatic rings. The molecule has 3 rings (SSSR count). The largest absolute Gasteiger partial charge is 0.378 e. The molecule has 0 saturated carbocycles. The van der Waals surface area contributed by atoms with Gasteiger partial charge in [0.1, 0.15) is 5.25 Å². The number of carbonyl (C=O) groups is 1. The number of rotatable bonds is 5. The molecule has 0 aliphatic carbocycles. The minimum Gasteiger partial charge on any atom is -0.378 e. The predicted molar refractivity (Wildman–Crippen MR) is 101 cm³/mol. The SMILES string of the molecule is Cc1ccc(S(=O)(=O)C(CNC(=O)N2CCOCC2)c2cccs2)cc1. The molecular weight excluding hydrogens is 372 g/mol. The first kappa shape index (κ1) is 18.9. The lowest BCUT2D eigenvalue weighted by Gasteiger charge is -2.27. The number of ether oxygens (including phenoxy) is 1. The molecule has 1 aliphatic heterocycles. The summed E-state index contributed by atoms with van der Waals surface area (Å²) in [6.45, 7) is 3.98. The second kappa shape index (κ2) is 8.20. The van der Waals surface area contributed by atoms with Crippen LogP contribution in [0.2, 0.25) is 0 Å². The summed E-state index contributed by atoms with van der Waals surface area (Å²) in [5.41, 5.74) is 0.997. The molecule has 1 atom stereocenters. The fourth-order valence-corrected chi connectivity index (χ4v) is 5.57. The Labute approximate surface area is 157 Å². The number of nitrogens with zero attached hydrogens (tertiary/aromatic N) is 1. The second-order valence-electron chi connectivity index (χ2n) is 6.15. The number of benzene rings is 1. The normalized spacial score (nSPS) is 16.3. The van der Waals surface area contributed by atoms with Gasteiger partial charge in [-0.2, -0.15) is 0 Å². The van der Waals surface area contributed by atoms with Crippen molar-refractivity contribution in [1.29, 1.82) is 0 Å². The Morgan fingerprint density at radius 2 is 1.92 bits per heavy atom. The van der Waals surface area contributed by atoms with E-state index in [2.05, 4.69) is 5.32 Å². The molecule has 8 heteroatoms. The Balaban J connectivity index is 1.79. The summed E-state index contributed by atoms with van der Waals surface area (Å²) in [6.07, 6.45) is 0. The molecule has 1 N–H and O–H groups in total. The Bertz CT molecular complexity index is 827. The summed E-state index contributed by atoms with van der Waals surface area (Å²) in [5.74, 6) is 0. The molecule has 1 saturated heterocycles. The third-order valence-electron chi connectivity index (χ3n) is 4.32. The highest BCUT2D eigenvalue weighted by Gasteiger charge is 2.31. The van der Waals surface area contributed by atoms with Crippen molar-refractivity contribution in [1.82, 2.24) is 10.2 Å². The number of nitrogens with one attached hydrogen (secondary N) is 1. The lowest BCUT2D eigenvalue weighted by Crippen LogP contribution is -2.47. The molecule has 1 unspecified atom stereocenters. The van der Waals surface area contributed by atoms with Gasteiger partial charge in [0, 0.05) is 24.5 Å². The molecule has 2 heterocycles. The maximum absolute atomic E-state index is 13.2. The van der Waals surface area contributed by atoms with Gasteiger partial charge in [-0.1, -0.05) is 23.8 Å². The number of sulfone groups is 1. The van der Waals surface area contributed by atoms with Crippen LogP contribution < -0.4 is 5.32 Å². The molecule has 1 fully saturated rings. The van der Waals surface area contributed by atoms with E-state index in [1.807, 2.05) is 18.4 Å². The molecular formula is C18H22N2O4S2. The fourth-order valence-electron chi connectivity index (χ4n) is 2.79. The van der Waals surface area contributed by atoms with Crippen molar-refractivity contribution in [3.05, 3.63) is 52.2 Å². The zero-order valence-corrected chi connectivity index (χ0v) is 16.2. The second-order valence-corrected chi connectivity index (χ2v) is 9.26. The van der Waals surface area contributed by atoms with Crippen LogP contribution in [0.25, 0.3) is 0 Å². The van der Waals surface area contributed by atoms with Crippen LogP contribution in [0.3, 0.4) is 0 Å². The maximum Gasteiger partial charge on any atom is 0.317 e. The van der Waals surface area contributed by atoms with E-state index in [0.29, 0.717) is 31.2 Å². The van der Waals surface area contributed by atoms with Gasteiger partial charge in [-0.25, -0.2) is 13.2 Å². The molecule has 0 spiro atoms. The number of aryl methyl sites for hydroxylation is 1. The van der Waals surface area contributed by atoms with E-state index < -0.39 is 15.1 Å². The number of carbonyl (C=O) groups excluding carboxylic acids is 1. The lowest BCUT2D eigenvalue weighted by molar-refractivity contribution is 0.0532. The number of urea groups is 1. The first-order valence-corrected chi connectivity index (χ1v) is 10.9. The molecule has 1 aromatic heterocycles. The van der Waals surface area contributed by atoms with E-state index in [1.165, 1.54) is 11.3 Å². The van der Waals surface area contributed by atoms with Crippen LogP contribution in [0.4, 0.5) is 4.79 Å². The van der Waals surface area contributed by atoms with Crippen LogP contribution in [-0.2, 0) is 14.6 Å². The molecule has 1 aromatic carbocycles. The quantitative estimate of drug-likeness (QED) is 0.846. The van der Waals surface area contributed by atoms with E-state index in [1.54, 1.807) is 35.2 Å². The lowest BCUT2D eigenvalue weighted by atomic mass is 10.2. The van der Waals surface area contributed by atoms with Gasteiger partial charge >= 0.3 is 6.03 Å². The van der Waals surface area contributed by atoms with Crippen molar-refractivity contribution in [3.8, 4) is 0 Å². The molecule has 2 amide bonds. The van der Waals surface area contributed by atoms with Crippen molar-refractivity contribution < 1.29 is 17.9 Å². The third-order valence-corrected chi connectivity index (χ3v) is 7.56. The smallest absolute Gasteiger partial charge is 0.317 e. The molecule has 6 nitrogen and oxygen atoms in total. The molecule has 0 bridgehead atoms. The average molecular weight is 395 g/mol. The third kappa shape index (κ3) is 4.25. The predicted octanol–water partition coefficient (Wildman–Crippen LogP) is 2.61. The van der Waals surface area contributed by atoms with E-state index in [0.717, 1.165) is 5.56 Å². The highest BCUT2D eigenvalue weighted by atomic mass is 32.2. The minimum atomic E-state index is -3.61. The van der Waals surface area contributed by atoms with E-state index in [9.17, 15) is 13.2 Å². The van der Waals surface area contributed by atoms with Gasteiger partial charge in [0.2, 0.25) is 0 Å². The van der Waals surface area contributed by atoms with Crippen LogP contribution in [-0.4, -0.2) is 52.2 Å². The topological polar surface area (TPSA) is 75.7 Å². The summed E-state index contributed by atoms with van der Waals surface area (Å²) >= 11 is 1.38. The molecule has 140 valence electrons. The monoisotopic (exact) mass is 394 g/mol. The standard InChI is InChI=1S/C18H22N2O4S2/c1-14-4-6-15(7-5-14)26(22,23)17(16-3-2-12-25-16)13-19-18(21)20-8-10-24-11-9-20/h2-7,12,17H,8-11,13H2,1H3,(H,19,21). The summed E-state index contributed by atoms with van der Waals surface area (Å²) < 4.78 is 31.5. The first-order valence-electron chi connectivity index (χ1n) is 8.43. The Morgan fingerprint density at radius 1 is 1.23 bits per heavy atom. The summed E-state index contributed by atoms with van der Waals surface area (Å²) in [5, 5.41) is 3.82. The van der Waals surface area contributed by atoms with Gasteiger partial charge in [0.15, 0.2) is 9.84 Å². The first-order chi connectivity index (χ1) is 12.5. The zero-order valence-electron chi connectivity index (χ0n) is 14.6. The van der Waals surface area contributed by atoms with Crippen LogP contribution in [0.1, 0.15) is 15.7 Å². The van der Waals surface area contributed by atoms with E-state index in [-0.39, 0.29) is 17.5 Å². The van der Waals surface area contributed by atoms with Crippen LogP contribution in [0.15, 0.2) is 46.7 Å². The van der Waals surface area contributed by atoms with Crippen molar-refractivity contribution in [2.24, 2.45) is 0 Å². The molecule has 2 aromatic rings. The Kier molecular flexibility index (Phi) is 5.95. The van der Waals surface area contributed by atoms with Crippen molar-refractivity contribution in [2.45, 2.75) is 17.1 Å². The number of amides is 2. The summed E-state index contributed by atoms with van der Waals surface area (Å²) in [7, 11) is -3.61. The fraction of sp³-hybridized carbons (Fsp3) is 0.389. The van der Waals surface area contributed by atoms with Crippen molar-refractivity contribution in [2.75, 3.05) is 32.8 Å². The summed E-state index contributed by atoms with van der Waals surface area (Å²) in [4.78, 5) is 15.0. The average Bonchev–Trinajstić information content (AvgIpc) is 3.17. The number of morpholine rings is 1. The number of hydrogen-bond acceptors (Lipinski definition) is 5. The Hall–Kier alpha value is -1.90. The number of hydrogen-bond donors (Lipinski definition) is 1. The van der Waals surface area contributed by atoms with Gasteiger partial charge in [-0.05, 0) is 30.5 Å². The zero-order chi connectivity index (χ0) is 18.6. The van der Waals surface area contributed by atoms with Gasteiger partial charge in [0.25, 0.3) is 0 Å². The highest BCUT2D eigenvalue weighted by molar-refractivity contribution is 7.91. The Morgan fingerprint density at radius 3 is 2.54 bits per heavy atom. The maximum atomic E-state index is 13.2. The van der Waals surface area contributed by atoms with Crippen LogP contribution in [0, 0.1) is 6.92 Å². The highest BCUT2D eigenvalue weighted by Crippen LogP contribution is 2.31. The van der Waals surface area contributed by atoms with Crippen molar-refractivity contribution in [3.63, 3.8) is 0 Å². The van der Waals surface area contributed by atoms with Crippen LogP contribution in [0.5, 0.6) is 0 Å². The van der Waals surface area contributed by atoms with Gasteiger partial charge in [0.05, 0.1) is 18.1 Å². The van der Waals surface area contributed by atoms with E-state index >= 15 is 0 Å². The molecule has 0 radical (unpaired) electrons. The van der Waals surface area contributed by atoms with Crippen molar-refractivity contribution >= 4 is 27.2 Å². The summed E-state index contributed by atoms with van der Waals surface area (Å²) in [6, 6.07) is 10.2.